The molecule has 4 rings (SSSR count). The molecule has 29 heavy (non-hydrogen) atoms. The molecule has 1 aliphatic rings. The lowest BCUT2D eigenvalue weighted by Gasteiger charge is -2.32. The number of fused-ring (bicyclic) bond motifs is 1. The Labute approximate surface area is 169 Å². The molecule has 7 nitrogen and oxygen atoms in total. The van der Waals surface area contributed by atoms with Gasteiger partial charge in [0.1, 0.15) is 5.52 Å². The molecule has 1 saturated heterocycles. The fourth-order valence-corrected chi connectivity index (χ4v) is 3.84. The summed E-state index contributed by atoms with van der Waals surface area (Å²) in [6.07, 6.45) is 3.06. The average Bonchev–Trinajstić information content (AvgIpc) is 2.75. The largest absolute Gasteiger partial charge is 0.352 e. The zero-order valence-electron chi connectivity index (χ0n) is 16.8. The number of hydrogen-bond donors (Lipinski definition) is 1. The van der Waals surface area contributed by atoms with Gasteiger partial charge in [-0.15, -0.1) is 0 Å². The van der Waals surface area contributed by atoms with Gasteiger partial charge in [-0.25, -0.2) is 9.97 Å². The summed E-state index contributed by atoms with van der Waals surface area (Å²) in [7, 11) is 1.72. The summed E-state index contributed by atoms with van der Waals surface area (Å²) in [4.78, 5) is 36.1. The quantitative estimate of drug-likeness (QED) is 0.737. The van der Waals surface area contributed by atoms with Crippen LogP contribution >= 0.6 is 0 Å². The highest BCUT2D eigenvalue weighted by Crippen LogP contribution is 2.21. The first-order chi connectivity index (χ1) is 14.0. The second kappa shape index (κ2) is 8.03. The summed E-state index contributed by atoms with van der Waals surface area (Å²) in [5.74, 6) is 0.476. The molecule has 0 saturated carbocycles. The summed E-state index contributed by atoms with van der Waals surface area (Å²) in [5, 5.41) is 3.06. The first-order valence-corrected chi connectivity index (χ1v) is 9.93. The molecule has 3 aromatic rings. The molecule has 0 spiro atoms. The highest BCUT2D eigenvalue weighted by Gasteiger charge is 2.27. The van der Waals surface area contributed by atoms with Gasteiger partial charge in [0.25, 0.3) is 5.56 Å². The van der Waals surface area contributed by atoms with Crippen LogP contribution in [-0.4, -0.2) is 33.5 Å². The molecule has 0 radical (unpaired) electrons. The van der Waals surface area contributed by atoms with Gasteiger partial charge in [-0.1, -0.05) is 24.3 Å². The monoisotopic (exact) mass is 391 g/mol. The molecule has 1 aromatic carbocycles. The van der Waals surface area contributed by atoms with E-state index >= 15 is 0 Å². The third kappa shape index (κ3) is 3.85. The highest BCUT2D eigenvalue weighted by atomic mass is 16.2. The molecule has 2 aromatic heterocycles. The molecule has 150 valence electrons. The lowest BCUT2D eigenvalue weighted by molar-refractivity contribution is -0.125. The van der Waals surface area contributed by atoms with E-state index in [1.807, 2.05) is 48.2 Å². The average molecular weight is 391 g/mol. The predicted octanol–water partition coefficient (Wildman–Crippen LogP) is 2.17. The molecular formula is C22H25N5O2. The standard InChI is InChI=1S/C22H25N5O2/c1-15-6-3-4-7-17(15)14-24-21(28)16-9-12-27(13-10-16)20-22(29)26(2)19-18(25-20)8-5-11-23-19/h3-8,11,16H,9-10,12-14H2,1-2H3,(H,24,28). The van der Waals surface area contributed by atoms with E-state index in [2.05, 4.69) is 15.3 Å². The van der Waals surface area contributed by atoms with Gasteiger partial charge in [0.05, 0.1) is 0 Å². The Kier molecular flexibility index (Phi) is 5.29. The van der Waals surface area contributed by atoms with Crippen LogP contribution in [-0.2, 0) is 18.4 Å². The number of anilines is 1. The Morgan fingerprint density at radius 1 is 1.17 bits per heavy atom. The number of carbonyl (C=O) groups is 1. The highest BCUT2D eigenvalue weighted by molar-refractivity contribution is 5.79. The number of pyridine rings is 1. The molecule has 1 N–H and O–H groups in total. The van der Waals surface area contributed by atoms with E-state index in [1.54, 1.807) is 17.8 Å². The molecular weight excluding hydrogens is 366 g/mol. The Bertz CT molecular complexity index is 1100. The van der Waals surface area contributed by atoms with Crippen molar-refractivity contribution in [3.63, 3.8) is 0 Å². The number of aromatic nitrogens is 3. The number of amides is 1. The third-order valence-corrected chi connectivity index (χ3v) is 5.69. The fraction of sp³-hybridized carbons (Fsp3) is 0.364. The normalized spacial score (nSPS) is 14.9. The van der Waals surface area contributed by atoms with Crippen molar-refractivity contribution in [1.29, 1.82) is 0 Å². The summed E-state index contributed by atoms with van der Waals surface area (Å²) in [6.45, 7) is 3.87. The second-order valence-electron chi connectivity index (χ2n) is 7.55. The number of aryl methyl sites for hydroxylation is 2. The van der Waals surface area contributed by atoms with Gasteiger partial charge in [0.15, 0.2) is 11.5 Å². The maximum atomic E-state index is 12.7. The van der Waals surface area contributed by atoms with Gasteiger partial charge >= 0.3 is 0 Å². The van der Waals surface area contributed by atoms with Crippen molar-refractivity contribution in [3.05, 3.63) is 64.1 Å². The van der Waals surface area contributed by atoms with Crippen LogP contribution in [0.3, 0.4) is 0 Å². The molecule has 0 aliphatic carbocycles. The Hall–Kier alpha value is -3.22. The molecule has 3 heterocycles. The number of hydrogen-bond acceptors (Lipinski definition) is 5. The van der Waals surface area contributed by atoms with Crippen LogP contribution in [0, 0.1) is 12.8 Å². The van der Waals surface area contributed by atoms with Crippen molar-refractivity contribution in [2.24, 2.45) is 13.0 Å². The van der Waals surface area contributed by atoms with Gasteiger partial charge in [-0.05, 0) is 43.0 Å². The molecule has 0 atom stereocenters. The zero-order chi connectivity index (χ0) is 20.4. The maximum absolute atomic E-state index is 12.7. The summed E-state index contributed by atoms with van der Waals surface area (Å²) < 4.78 is 1.54. The molecule has 1 amide bonds. The van der Waals surface area contributed by atoms with Gasteiger partial charge in [-0.2, -0.15) is 0 Å². The van der Waals surface area contributed by atoms with Crippen molar-refractivity contribution < 1.29 is 4.79 Å². The second-order valence-corrected chi connectivity index (χ2v) is 7.55. The third-order valence-electron chi connectivity index (χ3n) is 5.69. The van der Waals surface area contributed by atoms with E-state index in [4.69, 9.17) is 0 Å². The van der Waals surface area contributed by atoms with Crippen molar-refractivity contribution >= 4 is 22.9 Å². The Balaban J connectivity index is 1.41. The number of rotatable bonds is 4. The molecule has 1 fully saturated rings. The van der Waals surface area contributed by atoms with Crippen LogP contribution in [0.1, 0.15) is 24.0 Å². The minimum Gasteiger partial charge on any atom is -0.352 e. The first-order valence-electron chi connectivity index (χ1n) is 9.93. The van der Waals surface area contributed by atoms with E-state index in [1.165, 1.54) is 5.56 Å². The van der Waals surface area contributed by atoms with Gasteiger partial charge in [0.2, 0.25) is 5.91 Å². The smallest absolute Gasteiger partial charge is 0.294 e. The molecule has 0 unspecified atom stereocenters. The van der Waals surface area contributed by atoms with E-state index in [-0.39, 0.29) is 17.4 Å². The molecule has 1 aliphatic heterocycles. The number of nitrogens with one attached hydrogen (secondary N) is 1. The van der Waals surface area contributed by atoms with Crippen LogP contribution in [0.15, 0.2) is 47.4 Å². The van der Waals surface area contributed by atoms with E-state index in [0.717, 1.165) is 5.56 Å². The van der Waals surface area contributed by atoms with Gasteiger partial charge in [0, 0.05) is 38.8 Å². The van der Waals surface area contributed by atoms with Crippen LogP contribution in [0.2, 0.25) is 0 Å². The molecule has 0 bridgehead atoms. The SMILES string of the molecule is Cc1ccccc1CNC(=O)C1CCN(c2nc3cccnc3n(C)c2=O)CC1. The van der Waals surface area contributed by atoms with Crippen LogP contribution in [0.5, 0.6) is 0 Å². The van der Waals surface area contributed by atoms with Crippen LogP contribution in [0.4, 0.5) is 5.82 Å². The van der Waals surface area contributed by atoms with Crippen molar-refractivity contribution in [2.45, 2.75) is 26.3 Å². The Morgan fingerprint density at radius 2 is 1.93 bits per heavy atom. The van der Waals surface area contributed by atoms with E-state index in [0.29, 0.717) is 49.5 Å². The minimum absolute atomic E-state index is 0.0405. The van der Waals surface area contributed by atoms with E-state index in [9.17, 15) is 9.59 Å². The maximum Gasteiger partial charge on any atom is 0.294 e. The van der Waals surface area contributed by atoms with Crippen molar-refractivity contribution in [2.75, 3.05) is 18.0 Å². The minimum atomic E-state index is -0.154. The van der Waals surface area contributed by atoms with Crippen molar-refractivity contribution in [3.8, 4) is 0 Å². The summed E-state index contributed by atoms with van der Waals surface area (Å²) in [5.41, 5.74) is 3.43. The molecule has 7 heteroatoms. The number of carbonyl (C=O) groups excluding carboxylic acids is 1. The summed E-state index contributed by atoms with van der Waals surface area (Å²) >= 11 is 0. The van der Waals surface area contributed by atoms with Crippen LogP contribution < -0.4 is 15.8 Å². The lowest BCUT2D eigenvalue weighted by Crippen LogP contribution is -2.43. The predicted molar refractivity (Wildman–Crippen MR) is 113 cm³/mol. The van der Waals surface area contributed by atoms with Gasteiger partial charge < -0.3 is 10.2 Å². The van der Waals surface area contributed by atoms with E-state index < -0.39 is 0 Å². The first kappa shape index (κ1) is 19.1. The Morgan fingerprint density at radius 3 is 2.69 bits per heavy atom. The topological polar surface area (TPSA) is 80.1 Å². The number of piperidine rings is 1. The number of nitrogens with zero attached hydrogens (tertiary/aromatic N) is 4. The van der Waals surface area contributed by atoms with Crippen molar-refractivity contribution in [1.82, 2.24) is 19.9 Å². The number of benzene rings is 1. The van der Waals surface area contributed by atoms with Gasteiger partial charge in [-0.3, -0.25) is 14.2 Å². The summed E-state index contributed by atoms with van der Waals surface area (Å²) in [6, 6.07) is 11.7. The van der Waals surface area contributed by atoms with Crippen LogP contribution in [0.25, 0.3) is 11.2 Å². The zero-order valence-corrected chi connectivity index (χ0v) is 16.8. The lowest BCUT2D eigenvalue weighted by atomic mass is 9.95. The fourth-order valence-electron chi connectivity index (χ4n) is 3.84.